The molecule has 6 heteroatoms. The summed E-state index contributed by atoms with van der Waals surface area (Å²) in [5.74, 6) is 0.834. The van der Waals surface area contributed by atoms with Crippen molar-refractivity contribution in [1.82, 2.24) is 15.3 Å². The monoisotopic (exact) mass is 353 g/mol. The van der Waals surface area contributed by atoms with E-state index < -0.39 is 0 Å². The Labute approximate surface area is 155 Å². The maximum Gasteiger partial charge on any atom is 0.271 e. The van der Waals surface area contributed by atoms with Crippen molar-refractivity contribution in [2.45, 2.75) is 33.1 Å². The van der Waals surface area contributed by atoms with E-state index >= 15 is 0 Å². The Hall–Kier alpha value is -2.63. The lowest BCUT2D eigenvalue weighted by atomic mass is 10.1. The number of carbonyl (C=O) groups is 1. The van der Waals surface area contributed by atoms with Crippen molar-refractivity contribution in [2.75, 3.05) is 29.9 Å². The summed E-state index contributed by atoms with van der Waals surface area (Å²) in [6.45, 7) is 7.01. The molecular weight excluding hydrogens is 326 g/mol. The van der Waals surface area contributed by atoms with Crippen LogP contribution in [0, 0.1) is 5.92 Å². The maximum atomic E-state index is 12.0. The number of rotatable bonds is 6. The Balaban J connectivity index is 1.57. The van der Waals surface area contributed by atoms with Gasteiger partial charge >= 0.3 is 0 Å². The molecule has 0 bridgehead atoms. The minimum atomic E-state index is -0.191. The summed E-state index contributed by atoms with van der Waals surface area (Å²) in [5.41, 5.74) is 2.55. The highest BCUT2D eigenvalue weighted by Crippen LogP contribution is 2.23. The molecule has 0 unspecified atom stereocenters. The first kappa shape index (κ1) is 18.2. The number of piperidine rings is 1. The largest absolute Gasteiger partial charge is 0.372 e. The van der Waals surface area contributed by atoms with Crippen LogP contribution in [0.4, 0.5) is 17.2 Å². The van der Waals surface area contributed by atoms with Crippen LogP contribution < -0.4 is 15.5 Å². The van der Waals surface area contributed by atoms with E-state index in [1.54, 1.807) is 6.20 Å². The molecule has 1 aromatic carbocycles. The molecule has 0 saturated carbocycles. The highest BCUT2D eigenvalue weighted by Gasteiger charge is 2.11. The molecule has 1 aliphatic heterocycles. The quantitative estimate of drug-likeness (QED) is 0.830. The zero-order chi connectivity index (χ0) is 18.4. The molecule has 2 aromatic rings. The topological polar surface area (TPSA) is 70.2 Å². The van der Waals surface area contributed by atoms with E-state index in [1.165, 1.54) is 31.1 Å². The van der Waals surface area contributed by atoms with Gasteiger partial charge in [0.1, 0.15) is 11.5 Å². The third-order valence-corrected chi connectivity index (χ3v) is 4.42. The average Bonchev–Trinajstić information content (AvgIpc) is 2.68. The van der Waals surface area contributed by atoms with Gasteiger partial charge in [0.2, 0.25) is 0 Å². The lowest BCUT2D eigenvalue weighted by Crippen LogP contribution is -2.29. The normalized spacial score (nSPS) is 14.3. The highest BCUT2D eigenvalue weighted by atomic mass is 16.1. The van der Waals surface area contributed by atoms with E-state index in [1.807, 2.05) is 0 Å². The molecule has 138 valence electrons. The molecule has 2 heterocycles. The Kier molecular flexibility index (Phi) is 6.04. The summed E-state index contributed by atoms with van der Waals surface area (Å²) < 4.78 is 0. The van der Waals surface area contributed by atoms with Gasteiger partial charge in [-0.1, -0.05) is 13.8 Å². The molecule has 1 amide bonds. The zero-order valence-corrected chi connectivity index (χ0v) is 15.5. The summed E-state index contributed by atoms with van der Waals surface area (Å²) >= 11 is 0. The number of benzene rings is 1. The third-order valence-electron chi connectivity index (χ3n) is 4.42. The molecule has 1 saturated heterocycles. The smallest absolute Gasteiger partial charge is 0.271 e. The predicted octanol–water partition coefficient (Wildman–Crippen LogP) is 3.60. The molecule has 1 aliphatic rings. The van der Waals surface area contributed by atoms with Crippen molar-refractivity contribution in [2.24, 2.45) is 5.92 Å². The van der Waals surface area contributed by atoms with Gasteiger partial charge in [-0.2, -0.15) is 0 Å². The van der Waals surface area contributed by atoms with E-state index in [0.29, 0.717) is 24.0 Å². The van der Waals surface area contributed by atoms with Crippen molar-refractivity contribution in [3.05, 3.63) is 42.4 Å². The molecule has 1 aromatic heterocycles. The van der Waals surface area contributed by atoms with Crippen LogP contribution in [0.5, 0.6) is 0 Å². The Morgan fingerprint density at radius 3 is 2.42 bits per heavy atom. The molecule has 0 spiro atoms. The Morgan fingerprint density at radius 1 is 1.08 bits per heavy atom. The molecule has 0 radical (unpaired) electrons. The van der Waals surface area contributed by atoms with Crippen LogP contribution in [-0.4, -0.2) is 35.5 Å². The molecular formula is C20H27N5O. The molecule has 3 rings (SSSR count). The first-order valence-electron chi connectivity index (χ1n) is 9.34. The van der Waals surface area contributed by atoms with Crippen molar-refractivity contribution < 1.29 is 4.79 Å². The zero-order valence-electron chi connectivity index (χ0n) is 15.5. The van der Waals surface area contributed by atoms with Crippen molar-refractivity contribution in [3.63, 3.8) is 0 Å². The average molecular weight is 353 g/mol. The second-order valence-electron chi connectivity index (χ2n) is 7.11. The Morgan fingerprint density at radius 2 is 1.81 bits per heavy atom. The molecule has 1 fully saturated rings. The first-order chi connectivity index (χ1) is 12.6. The predicted molar refractivity (Wildman–Crippen MR) is 105 cm³/mol. The van der Waals surface area contributed by atoms with Crippen LogP contribution in [0.1, 0.15) is 43.6 Å². The van der Waals surface area contributed by atoms with Crippen molar-refractivity contribution in [3.8, 4) is 0 Å². The lowest BCUT2D eigenvalue weighted by Gasteiger charge is -2.28. The summed E-state index contributed by atoms with van der Waals surface area (Å²) in [6, 6.07) is 8.37. The number of carbonyl (C=O) groups excluding carboxylic acids is 1. The standard InChI is InChI=1S/C20H27N5O/c1-15(2)12-23-20(26)18-13-22-19(14-21-18)24-16-6-8-17(9-7-16)25-10-4-3-5-11-25/h6-9,13-15H,3-5,10-12H2,1-2H3,(H,22,24)(H,23,26). The van der Waals surface area contributed by atoms with Crippen molar-refractivity contribution >= 4 is 23.1 Å². The molecule has 6 nitrogen and oxygen atoms in total. The van der Waals surface area contributed by atoms with Gasteiger partial charge in [-0.3, -0.25) is 4.79 Å². The van der Waals surface area contributed by atoms with E-state index in [9.17, 15) is 4.79 Å². The fraction of sp³-hybridized carbons (Fsp3) is 0.450. The summed E-state index contributed by atoms with van der Waals surface area (Å²) in [6.07, 6.45) is 6.96. The second kappa shape index (κ2) is 8.65. The molecule has 0 aliphatic carbocycles. The fourth-order valence-electron chi connectivity index (χ4n) is 2.95. The van der Waals surface area contributed by atoms with Crippen LogP contribution >= 0.6 is 0 Å². The molecule has 26 heavy (non-hydrogen) atoms. The van der Waals surface area contributed by atoms with Gasteiger partial charge in [-0.25, -0.2) is 9.97 Å². The number of amides is 1. The maximum absolute atomic E-state index is 12.0. The molecule has 2 N–H and O–H groups in total. The minimum absolute atomic E-state index is 0.191. The van der Waals surface area contributed by atoms with Gasteiger partial charge in [0, 0.05) is 31.0 Å². The summed E-state index contributed by atoms with van der Waals surface area (Å²) in [5, 5.41) is 6.06. The van der Waals surface area contributed by atoms with Gasteiger partial charge in [-0.05, 0) is 49.4 Å². The van der Waals surface area contributed by atoms with Gasteiger partial charge in [-0.15, -0.1) is 0 Å². The van der Waals surface area contributed by atoms with Gasteiger partial charge in [0.15, 0.2) is 0 Å². The van der Waals surface area contributed by atoms with Gasteiger partial charge < -0.3 is 15.5 Å². The number of hydrogen-bond acceptors (Lipinski definition) is 5. The highest BCUT2D eigenvalue weighted by molar-refractivity contribution is 5.92. The van der Waals surface area contributed by atoms with Gasteiger partial charge in [0.05, 0.1) is 12.4 Å². The number of hydrogen-bond donors (Lipinski definition) is 2. The van der Waals surface area contributed by atoms with E-state index in [2.05, 4.69) is 63.6 Å². The number of anilines is 3. The SMILES string of the molecule is CC(C)CNC(=O)c1cnc(Nc2ccc(N3CCCCC3)cc2)cn1. The minimum Gasteiger partial charge on any atom is -0.372 e. The molecule has 0 atom stereocenters. The van der Waals surface area contributed by atoms with Crippen molar-refractivity contribution in [1.29, 1.82) is 0 Å². The van der Waals surface area contributed by atoms with E-state index in [4.69, 9.17) is 0 Å². The second-order valence-corrected chi connectivity index (χ2v) is 7.11. The van der Waals surface area contributed by atoms with Crippen LogP contribution in [0.3, 0.4) is 0 Å². The first-order valence-corrected chi connectivity index (χ1v) is 9.34. The number of nitrogens with one attached hydrogen (secondary N) is 2. The van der Waals surface area contributed by atoms with E-state index in [0.717, 1.165) is 18.8 Å². The lowest BCUT2D eigenvalue weighted by molar-refractivity contribution is 0.0943. The van der Waals surface area contributed by atoms with Crippen LogP contribution in [0.25, 0.3) is 0 Å². The summed E-state index contributed by atoms with van der Waals surface area (Å²) in [7, 11) is 0. The van der Waals surface area contributed by atoms with Crippen LogP contribution in [0.15, 0.2) is 36.7 Å². The van der Waals surface area contributed by atoms with Crippen LogP contribution in [0.2, 0.25) is 0 Å². The van der Waals surface area contributed by atoms with Gasteiger partial charge in [0.25, 0.3) is 5.91 Å². The third kappa shape index (κ3) is 4.94. The fourth-order valence-corrected chi connectivity index (χ4v) is 2.95. The van der Waals surface area contributed by atoms with Crippen LogP contribution in [-0.2, 0) is 0 Å². The Bertz CT molecular complexity index is 706. The number of nitrogens with zero attached hydrogens (tertiary/aromatic N) is 3. The number of aromatic nitrogens is 2. The summed E-state index contributed by atoms with van der Waals surface area (Å²) in [4.78, 5) is 22.9. The van der Waals surface area contributed by atoms with E-state index in [-0.39, 0.29) is 5.91 Å².